The predicted molar refractivity (Wildman–Crippen MR) is 382 cm³/mol. The van der Waals surface area contributed by atoms with E-state index >= 15 is 0 Å². The summed E-state index contributed by atoms with van der Waals surface area (Å²) in [7, 11) is -4.39. The average Bonchev–Trinajstić information content (AvgIpc) is 3.60. The van der Waals surface area contributed by atoms with Crippen LogP contribution in [0.3, 0.4) is 0 Å². The van der Waals surface area contributed by atoms with E-state index in [1.165, 1.54) is 392 Å². The second kappa shape index (κ2) is 75.0. The van der Waals surface area contributed by atoms with Gasteiger partial charge >= 0.3 is 19.8 Å². The minimum atomic E-state index is -4.39. The molecule has 88 heavy (non-hydrogen) atoms. The number of unbranched alkanes of at least 4 members (excludes halogenated alkanes) is 65. The van der Waals surface area contributed by atoms with Crippen LogP contribution in [0.4, 0.5) is 0 Å². The van der Waals surface area contributed by atoms with Crippen LogP contribution in [0.5, 0.6) is 0 Å². The van der Waals surface area contributed by atoms with E-state index < -0.39 is 26.5 Å². The number of carbonyl (C=O) groups excluding carboxylic acids is 2. The van der Waals surface area contributed by atoms with E-state index in [9.17, 15) is 19.0 Å². The molecule has 0 fully saturated rings. The Hall–Kier alpha value is -0.990. The molecule has 0 saturated heterocycles. The third kappa shape index (κ3) is 74.1. The van der Waals surface area contributed by atoms with Crippen LogP contribution < -0.4 is 5.73 Å². The Morgan fingerprint density at radius 1 is 0.295 bits per heavy atom. The van der Waals surface area contributed by atoms with Crippen molar-refractivity contribution in [1.82, 2.24) is 0 Å². The summed E-state index contributed by atoms with van der Waals surface area (Å²) in [6.45, 7) is 3.86. The molecule has 0 bridgehead atoms. The molecule has 0 aromatic carbocycles. The summed E-state index contributed by atoms with van der Waals surface area (Å²) in [4.78, 5) is 35.4. The van der Waals surface area contributed by atoms with E-state index in [0.29, 0.717) is 12.8 Å². The van der Waals surface area contributed by atoms with Gasteiger partial charge in [0, 0.05) is 19.4 Å². The lowest BCUT2D eigenvalue weighted by molar-refractivity contribution is -0.161. The first-order valence-corrected chi connectivity index (χ1v) is 41.5. The highest BCUT2D eigenvalue weighted by atomic mass is 31.2. The number of phosphoric acid groups is 1. The highest BCUT2D eigenvalue weighted by molar-refractivity contribution is 7.47. The van der Waals surface area contributed by atoms with E-state index in [-0.39, 0.29) is 32.1 Å². The molecule has 526 valence electrons. The molecule has 0 spiro atoms. The Kier molecular flexibility index (Phi) is 74.2. The summed E-state index contributed by atoms with van der Waals surface area (Å²) in [6.07, 6.45) is 91.2. The van der Waals surface area contributed by atoms with Gasteiger partial charge in [0.1, 0.15) is 6.61 Å². The third-order valence-electron chi connectivity index (χ3n) is 18.7. The topological polar surface area (TPSA) is 134 Å². The maximum absolute atomic E-state index is 12.8. The van der Waals surface area contributed by atoms with Crippen LogP contribution in [-0.4, -0.2) is 49.3 Å². The van der Waals surface area contributed by atoms with Gasteiger partial charge in [0.2, 0.25) is 0 Å². The van der Waals surface area contributed by atoms with Crippen molar-refractivity contribution in [2.24, 2.45) is 5.73 Å². The van der Waals surface area contributed by atoms with E-state index in [4.69, 9.17) is 24.3 Å². The maximum Gasteiger partial charge on any atom is 0.472 e. The molecule has 2 unspecified atom stereocenters. The zero-order chi connectivity index (χ0) is 63.7. The van der Waals surface area contributed by atoms with E-state index in [1.54, 1.807) is 0 Å². The van der Waals surface area contributed by atoms with Crippen molar-refractivity contribution in [3.05, 3.63) is 0 Å². The molecule has 10 heteroatoms. The largest absolute Gasteiger partial charge is 0.472 e. The molecular formula is C78H156NO8P. The lowest BCUT2D eigenvalue weighted by Crippen LogP contribution is -2.29. The molecule has 0 rings (SSSR count). The highest BCUT2D eigenvalue weighted by Crippen LogP contribution is 2.43. The molecule has 9 nitrogen and oxygen atoms in total. The normalized spacial score (nSPS) is 12.7. The second-order valence-corrected chi connectivity index (χ2v) is 29.1. The summed E-state index contributed by atoms with van der Waals surface area (Å²) in [5.74, 6) is -0.794. The fraction of sp³-hybridized carbons (Fsp3) is 0.974. The van der Waals surface area contributed by atoms with Crippen LogP contribution in [0, 0.1) is 0 Å². The van der Waals surface area contributed by atoms with Gasteiger partial charge in [0.25, 0.3) is 0 Å². The van der Waals surface area contributed by atoms with Crippen LogP contribution in [0.15, 0.2) is 0 Å². The maximum atomic E-state index is 12.8. The van der Waals surface area contributed by atoms with Gasteiger partial charge in [-0.05, 0) is 12.8 Å². The Morgan fingerprint density at radius 3 is 0.693 bits per heavy atom. The van der Waals surface area contributed by atoms with Crippen LogP contribution in [-0.2, 0) is 32.7 Å². The average molecular weight is 1270 g/mol. The van der Waals surface area contributed by atoms with E-state index in [1.807, 2.05) is 0 Å². The highest BCUT2D eigenvalue weighted by Gasteiger charge is 2.26. The van der Waals surface area contributed by atoms with Crippen LogP contribution >= 0.6 is 7.82 Å². The van der Waals surface area contributed by atoms with E-state index in [0.717, 1.165) is 32.1 Å². The minimum Gasteiger partial charge on any atom is -0.462 e. The van der Waals surface area contributed by atoms with Gasteiger partial charge in [-0.2, -0.15) is 0 Å². The zero-order valence-corrected chi connectivity index (χ0v) is 60.4. The monoisotopic (exact) mass is 1270 g/mol. The molecule has 0 aliphatic rings. The number of hydrogen-bond donors (Lipinski definition) is 2. The Labute approximate surface area is 549 Å². The van der Waals surface area contributed by atoms with Gasteiger partial charge < -0.3 is 20.1 Å². The first-order valence-electron chi connectivity index (χ1n) is 40.0. The number of phosphoric ester groups is 1. The SMILES string of the molecule is CCCCCCCCCCCCCCCCCCCCCCCCCCCCCCCCCCCCCCCCC(=O)OC(COC(=O)CCCCCCCCCCCCCCCCCCCCCCCCCCCCCCC)COP(=O)(O)OCCN. The van der Waals surface area contributed by atoms with Crippen LogP contribution in [0.2, 0.25) is 0 Å². The Morgan fingerprint density at radius 2 is 0.489 bits per heavy atom. The van der Waals surface area contributed by atoms with Gasteiger partial charge in [-0.15, -0.1) is 0 Å². The predicted octanol–water partition coefficient (Wildman–Crippen LogP) is 26.5. The number of rotatable bonds is 78. The zero-order valence-electron chi connectivity index (χ0n) is 59.5. The smallest absolute Gasteiger partial charge is 0.462 e. The minimum absolute atomic E-state index is 0.0590. The summed E-state index contributed by atoms with van der Waals surface area (Å²) < 4.78 is 33.3. The van der Waals surface area contributed by atoms with Crippen molar-refractivity contribution in [1.29, 1.82) is 0 Å². The van der Waals surface area contributed by atoms with Crippen molar-refractivity contribution < 1.29 is 37.6 Å². The third-order valence-corrected chi connectivity index (χ3v) is 19.7. The number of esters is 2. The molecule has 0 amide bonds. The van der Waals surface area contributed by atoms with Gasteiger partial charge in [-0.25, -0.2) is 4.57 Å². The van der Waals surface area contributed by atoms with Crippen LogP contribution in [0.25, 0.3) is 0 Å². The summed E-state index contributed by atoms with van der Waals surface area (Å²) in [6, 6.07) is 0. The molecule has 0 aromatic rings. The summed E-state index contributed by atoms with van der Waals surface area (Å²) in [5, 5.41) is 0. The quantitative estimate of drug-likeness (QED) is 0.0347. The van der Waals surface area contributed by atoms with Crippen molar-refractivity contribution >= 4 is 19.8 Å². The number of carbonyl (C=O) groups is 2. The van der Waals surface area contributed by atoms with Crippen LogP contribution in [0.1, 0.15) is 457 Å². The molecule has 0 saturated carbocycles. The van der Waals surface area contributed by atoms with Crippen molar-refractivity contribution in [3.8, 4) is 0 Å². The summed E-state index contributed by atoms with van der Waals surface area (Å²) in [5.41, 5.74) is 5.41. The van der Waals surface area contributed by atoms with Gasteiger partial charge in [-0.1, -0.05) is 431 Å². The fourth-order valence-electron chi connectivity index (χ4n) is 12.8. The van der Waals surface area contributed by atoms with Crippen molar-refractivity contribution in [3.63, 3.8) is 0 Å². The number of ether oxygens (including phenoxy) is 2. The molecule has 0 aliphatic heterocycles. The second-order valence-electron chi connectivity index (χ2n) is 27.7. The van der Waals surface area contributed by atoms with Gasteiger partial charge in [0.15, 0.2) is 6.10 Å². The van der Waals surface area contributed by atoms with Crippen molar-refractivity contribution in [2.75, 3.05) is 26.4 Å². The molecule has 0 heterocycles. The lowest BCUT2D eigenvalue weighted by atomic mass is 10.0. The Balaban J connectivity index is 3.72. The molecule has 0 aliphatic carbocycles. The molecule has 2 atom stereocenters. The molecule has 3 N–H and O–H groups in total. The first kappa shape index (κ1) is 87.0. The lowest BCUT2D eigenvalue weighted by Gasteiger charge is -2.19. The van der Waals surface area contributed by atoms with Gasteiger partial charge in [0.05, 0.1) is 13.2 Å². The fourth-order valence-corrected chi connectivity index (χ4v) is 13.6. The first-order chi connectivity index (χ1) is 43.3. The summed E-state index contributed by atoms with van der Waals surface area (Å²) >= 11 is 0. The molecular weight excluding hydrogens is 1110 g/mol. The standard InChI is InChI=1S/C78H156NO8P/c1-3-5-7-9-11-13-15-17-19-21-23-25-27-29-31-33-34-35-36-37-38-39-40-41-43-45-47-49-51-53-55-57-59-61-63-65-67-69-71-78(81)87-76(75-86-88(82,83)85-73-72-79)74-84-77(80)70-68-66-64-62-60-58-56-54-52-50-48-46-44-42-32-30-28-26-24-22-20-18-16-14-12-10-8-6-4-2/h76H,3-75,79H2,1-2H3,(H,82,83). The van der Waals surface area contributed by atoms with Crippen molar-refractivity contribution in [2.45, 2.75) is 463 Å². The molecule has 0 aromatic heterocycles. The number of hydrogen-bond acceptors (Lipinski definition) is 8. The van der Waals surface area contributed by atoms with E-state index in [2.05, 4.69) is 13.8 Å². The molecule has 0 radical (unpaired) electrons. The Bertz CT molecular complexity index is 1400. The number of nitrogens with two attached hydrogens (primary N) is 1. The van der Waals surface area contributed by atoms with Gasteiger partial charge in [-0.3, -0.25) is 18.6 Å².